The van der Waals surface area contributed by atoms with E-state index in [2.05, 4.69) is 127 Å². The number of furan rings is 1. The van der Waals surface area contributed by atoms with Gasteiger partial charge < -0.3 is 4.42 Å². The molecule has 0 aliphatic heterocycles. The zero-order valence-corrected chi connectivity index (χ0v) is 25.3. The zero-order valence-electron chi connectivity index (χ0n) is 25.3. The fraction of sp³-hybridized carbons (Fsp3) is 0. The van der Waals surface area contributed by atoms with Gasteiger partial charge in [-0.15, -0.1) is 0 Å². The number of hydrogen-bond donors (Lipinski definition) is 0. The highest BCUT2D eigenvalue weighted by Crippen LogP contribution is 2.45. The van der Waals surface area contributed by atoms with Crippen molar-refractivity contribution in [2.45, 2.75) is 0 Å². The highest BCUT2D eigenvalue weighted by molar-refractivity contribution is 6.23. The first-order valence-corrected chi connectivity index (χ1v) is 15.9. The minimum Gasteiger partial charge on any atom is -0.436 e. The molecular formula is C44H26N2O. The van der Waals surface area contributed by atoms with E-state index >= 15 is 0 Å². The lowest BCUT2D eigenvalue weighted by Gasteiger charge is -2.18. The van der Waals surface area contributed by atoms with Crippen LogP contribution < -0.4 is 0 Å². The Bertz CT molecular complexity index is 2780. The van der Waals surface area contributed by atoms with Crippen molar-refractivity contribution in [2.75, 3.05) is 0 Å². The van der Waals surface area contributed by atoms with Crippen molar-refractivity contribution in [3.63, 3.8) is 0 Å². The van der Waals surface area contributed by atoms with Crippen LogP contribution in [0, 0.1) is 0 Å². The Morgan fingerprint density at radius 2 is 0.915 bits per heavy atom. The molecule has 3 heteroatoms. The molecule has 0 amide bonds. The third-order valence-corrected chi connectivity index (χ3v) is 9.46. The second-order valence-electron chi connectivity index (χ2n) is 12.1. The van der Waals surface area contributed by atoms with Crippen molar-refractivity contribution in [2.24, 2.45) is 0 Å². The molecule has 47 heavy (non-hydrogen) atoms. The summed E-state index contributed by atoms with van der Waals surface area (Å²) >= 11 is 0. The molecule has 0 aliphatic rings. The summed E-state index contributed by atoms with van der Waals surface area (Å²) in [5.74, 6) is 0. The van der Waals surface area contributed by atoms with Gasteiger partial charge in [0.25, 0.3) is 0 Å². The molecule has 0 saturated heterocycles. The van der Waals surface area contributed by atoms with Crippen LogP contribution in [0.5, 0.6) is 0 Å². The zero-order chi connectivity index (χ0) is 30.9. The lowest BCUT2D eigenvalue weighted by Crippen LogP contribution is -1.91. The number of rotatable bonds is 3. The third-order valence-electron chi connectivity index (χ3n) is 9.46. The van der Waals surface area contributed by atoms with Crippen LogP contribution in [0.25, 0.3) is 98.9 Å². The largest absolute Gasteiger partial charge is 0.436 e. The molecule has 0 saturated carbocycles. The summed E-state index contributed by atoms with van der Waals surface area (Å²) in [5.41, 5.74) is 11.2. The Morgan fingerprint density at radius 1 is 0.383 bits per heavy atom. The number of fused-ring (bicyclic) bond motifs is 8. The third kappa shape index (κ3) is 4.00. The summed E-state index contributed by atoms with van der Waals surface area (Å²) in [6, 6.07) is 56.1. The second kappa shape index (κ2) is 10.1. The van der Waals surface area contributed by atoms with Crippen molar-refractivity contribution in [1.82, 2.24) is 9.97 Å². The molecule has 0 unspecified atom stereocenters. The first-order chi connectivity index (χ1) is 23.3. The highest BCUT2D eigenvalue weighted by atomic mass is 16.3. The van der Waals surface area contributed by atoms with Gasteiger partial charge in [0.1, 0.15) is 11.1 Å². The number of nitrogens with zero attached hydrogens (tertiary/aromatic N) is 2. The van der Waals surface area contributed by atoms with Crippen molar-refractivity contribution < 1.29 is 4.42 Å². The standard InChI is InChI=1S/C44H26N2O/c1-2-10-27(11-3-1)28-18-20-29(21-19-28)40-33-12-4-6-14-35(33)41(36-15-7-5-13-34(36)40)31-22-24-32-30(26-31)23-25-39-42(32)43-44(47-39)46-38-17-9-8-16-37(38)45-43/h1-26H. The number of para-hydroxylation sites is 2. The van der Waals surface area contributed by atoms with Gasteiger partial charge in [-0.05, 0) is 90.0 Å². The summed E-state index contributed by atoms with van der Waals surface area (Å²) in [5, 5.41) is 8.21. The monoisotopic (exact) mass is 598 g/mol. The minimum atomic E-state index is 0.569. The summed E-state index contributed by atoms with van der Waals surface area (Å²) in [6.45, 7) is 0. The van der Waals surface area contributed by atoms with Crippen LogP contribution in [0.3, 0.4) is 0 Å². The van der Waals surface area contributed by atoms with E-state index in [9.17, 15) is 0 Å². The molecule has 0 atom stereocenters. The van der Waals surface area contributed by atoms with Gasteiger partial charge in [0.05, 0.1) is 16.4 Å². The van der Waals surface area contributed by atoms with E-state index in [1.54, 1.807) is 0 Å². The summed E-state index contributed by atoms with van der Waals surface area (Å²) in [7, 11) is 0. The Morgan fingerprint density at radius 3 is 1.60 bits per heavy atom. The molecule has 3 nitrogen and oxygen atoms in total. The maximum atomic E-state index is 6.21. The van der Waals surface area contributed by atoms with Crippen molar-refractivity contribution in [3.05, 3.63) is 158 Å². The van der Waals surface area contributed by atoms with Gasteiger partial charge in [-0.25, -0.2) is 9.97 Å². The predicted octanol–water partition coefficient (Wildman–Crippen LogP) is 12.0. The topological polar surface area (TPSA) is 38.9 Å². The molecule has 0 spiro atoms. The number of aromatic nitrogens is 2. The van der Waals surface area contributed by atoms with Crippen LogP contribution in [-0.2, 0) is 0 Å². The van der Waals surface area contributed by atoms with E-state index in [1.807, 2.05) is 30.3 Å². The lowest BCUT2D eigenvalue weighted by atomic mass is 9.85. The van der Waals surface area contributed by atoms with Gasteiger partial charge >= 0.3 is 0 Å². The first kappa shape index (κ1) is 26.0. The predicted molar refractivity (Wildman–Crippen MR) is 196 cm³/mol. The maximum absolute atomic E-state index is 6.21. The molecule has 0 bridgehead atoms. The highest BCUT2D eigenvalue weighted by Gasteiger charge is 2.19. The van der Waals surface area contributed by atoms with E-state index < -0.39 is 0 Å². The molecule has 0 N–H and O–H groups in total. The van der Waals surface area contributed by atoms with Gasteiger partial charge in [0.15, 0.2) is 0 Å². The van der Waals surface area contributed by atoms with Crippen LogP contribution in [0.1, 0.15) is 0 Å². The van der Waals surface area contributed by atoms with Crippen LogP contribution in [0.4, 0.5) is 0 Å². The Kier molecular flexibility index (Phi) is 5.57. The quantitative estimate of drug-likeness (QED) is 0.190. The molecule has 8 aromatic carbocycles. The van der Waals surface area contributed by atoms with Gasteiger partial charge in [0.2, 0.25) is 5.71 Å². The molecular weight excluding hydrogens is 572 g/mol. The van der Waals surface area contributed by atoms with Gasteiger partial charge in [0, 0.05) is 0 Å². The molecule has 10 rings (SSSR count). The van der Waals surface area contributed by atoms with Crippen molar-refractivity contribution in [3.8, 4) is 33.4 Å². The van der Waals surface area contributed by atoms with Crippen LogP contribution in [-0.4, -0.2) is 9.97 Å². The van der Waals surface area contributed by atoms with Gasteiger partial charge in [-0.3, -0.25) is 0 Å². The Labute approximate surface area is 270 Å². The molecule has 0 radical (unpaired) electrons. The molecule has 2 heterocycles. The molecule has 2 aromatic heterocycles. The van der Waals surface area contributed by atoms with E-state index in [4.69, 9.17) is 14.4 Å². The van der Waals surface area contributed by atoms with E-state index in [0.717, 1.165) is 38.3 Å². The Hall–Kier alpha value is -6.32. The normalized spacial score (nSPS) is 11.8. The summed E-state index contributed by atoms with van der Waals surface area (Å²) < 4.78 is 6.21. The first-order valence-electron chi connectivity index (χ1n) is 15.9. The number of benzene rings is 8. The lowest BCUT2D eigenvalue weighted by molar-refractivity contribution is 0.655. The summed E-state index contributed by atoms with van der Waals surface area (Å²) in [6.07, 6.45) is 0. The van der Waals surface area contributed by atoms with E-state index in [0.29, 0.717) is 5.71 Å². The Balaban J connectivity index is 1.19. The molecule has 0 fully saturated rings. The molecule has 0 aliphatic carbocycles. The number of hydrogen-bond acceptors (Lipinski definition) is 3. The van der Waals surface area contributed by atoms with Crippen molar-refractivity contribution >= 4 is 65.6 Å². The second-order valence-corrected chi connectivity index (χ2v) is 12.1. The summed E-state index contributed by atoms with van der Waals surface area (Å²) in [4.78, 5) is 9.76. The van der Waals surface area contributed by atoms with Crippen molar-refractivity contribution in [1.29, 1.82) is 0 Å². The average Bonchev–Trinajstić information content (AvgIpc) is 3.51. The van der Waals surface area contributed by atoms with E-state index in [1.165, 1.54) is 54.9 Å². The fourth-order valence-electron chi connectivity index (χ4n) is 7.33. The maximum Gasteiger partial charge on any atom is 0.246 e. The fourth-order valence-corrected chi connectivity index (χ4v) is 7.33. The molecule has 10 aromatic rings. The SMILES string of the molecule is c1ccc(-c2ccc(-c3c4ccccc4c(-c4ccc5c(ccc6oc7nc8ccccc8nc7c65)c4)c4ccccc34)cc2)cc1. The van der Waals surface area contributed by atoms with Gasteiger partial charge in [-0.1, -0.05) is 133 Å². The molecule has 218 valence electrons. The van der Waals surface area contributed by atoms with Crippen LogP contribution in [0.2, 0.25) is 0 Å². The van der Waals surface area contributed by atoms with Gasteiger partial charge in [-0.2, -0.15) is 0 Å². The van der Waals surface area contributed by atoms with Crippen LogP contribution >= 0.6 is 0 Å². The van der Waals surface area contributed by atoms with Crippen LogP contribution in [0.15, 0.2) is 162 Å². The minimum absolute atomic E-state index is 0.569. The smallest absolute Gasteiger partial charge is 0.246 e. The average molecular weight is 599 g/mol. The van der Waals surface area contributed by atoms with E-state index in [-0.39, 0.29) is 0 Å².